The maximum atomic E-state index is 12.2. The van der Waals surface area contributed by atoms with Crippen molar-refractivity contribution < 1.29 is 14.7 Å². The normalized spacial score (nSPS) is 16.1. The Hall–Kier alpha value is -2.04. The van der Waals surface area contributed by atoms with E-state index < -0.39 is 0 Å². The number of phenols is 1. The van der Waals surface area contributed by atoms with E-state index in [0.717, 1.165) is 12.0 Å². The Kier molecular flexibility index (Phi) is 3.50. The fourth-order valence-corrected chi connectivity index (χ4v) is 1.97. The predicted molar refractivity (Wildman–Crippen MR) is 66.4 cm³/mol. The third-order valence-electron chi connectivity index (χ3n) is 2.93. The van der Waals surface area contributed by atoms with Gasteiger partial charge in [-0.05, 0) is 31.0 Å². The number of carbonyl (C=O) groups is 2. The standard InChI is InChI=1S/C13H16N2O3/c1-9-3-4-10(11(16)7-9)13(18)15-6-2-5-14-12(17)8-15/h3-4,7,16H,2,5-6,8H2,1H3,(H,14,17). The molecule has 1 fully saturated rings. The van der Waals surface area contributed by atoms with Gasteiger partial charge in [-0.2, -0.15) is 0 Å². The molecule has 0 aromatic heterocycles. The first-order chi connectivity index (χ1) is 8.58. The molecule has 1 heterocycles. The van der Waals surface area contributed by atoms with Crippen LogP contribution in [0.15, 0.2) is 18.2 Å². The smallest absolute Gasteiger partial charge is 0.258 e. The molecule has 0 bridgehead atoms. The Balaban J connectivity index is 2.21. The van der Waals surface area contributed by atoms with Gasteiger partial charge < -0.3 is 15.3 Å². The van der Waals surface area contributed by atoms with Crippen molar-refractivity contribution in [2.45, 2.75) is 13.3 Å². The Morgan fingerprint density at radius 3 is 2.94 bits per heavy atom. The van der Waals surface area contributed by atoms with Crippen molar-refractivity contribution >= 4 is 11.8 Å². The van der Waals surface area contributed by atoms with Gasteiger partial charge in [-0.25, -0.2) is 0 Å². The van der Waals surface area contributed by atoms with Crippen LogP contribution >= 0.6 is 0 Å². The molecule has 5 heteroatoms. The van der Waals surface area contributed by atoms with Gasteiger partial charge in [-0.15, -0.1) is 0 Å². The Bertz CT molecular complexity index is 485. The van der Waals surface area contributed by atoms with Crippen molar-refractivity contribution in [2.24, 2.45) is 0 Å². The van der Waals surface area contributed by atoms with Gasteiger partial charge in [0.05, 0.1) is 12.1 Å². The fourth-order valence-electron chi connectivity index (χ4n) is 1.97. The zero-order valence-electron chi connectivity index (χ0n) is 10.3. The lowest BCUT2D eigenvalue weighted by molar-refractivity contribution is -0.121. The number of nitrogens with one attached hydrogen (secondary N) is 1. The van der Waals surface area contributed by atoms with E-state index in [1.165, 1.54) is 4.90 Å². The molecule has 0 spiro atoms. The first kappa shape index (κ1) is 12.4. The van der Waals surface area contributed by atoms with Gasteiger partial charge in [0.25, 0.3) is 5.91 Å². The van der Waals surface area contributed by atoms with Crippen LogP contribution in [0.3, 0.4) is 0 Å². The van der Waals surface area contributed by atoms with Crippen molar-refractivity contribution in [1.82, 2.24) is 10.2 Å². The molecule has 0 atom stereocenters. The second-order valence-corrected chi connectivity index (χ2v) is 4.45. The molecule has 1 aliphatic heterocycles. The minimum Gasteiger partial charge on any atom is -0.507 e. The Labute approximate surface area is 105 Å². The highest BCUT2D eigenvalue weighted by molar-refractivity contribution is 5.98. The maximum absolute atomic E-state index is 12.2. The molecule has 1 aliphatic rings. The van der Waals surface area contributed by atoms with Crippen LogP contribution in [-0.4, -0.2) is 41.5 Å². The van der Waals surface area contributed by atoms with Gasteiger partial charge >= 0.3 is 0 Å². The number of benzene rings is 1. The number of rotatable bonds is 1. The molecular formula is C13H16N2O3. The van der Waals surface area contributed by atoms with Crippen molar-refractivity contribution in [3.05, 3.63) is 29.3 Å². The summed E-state index contributed by atoms with van der Waals surface area (Å²) in [6.45, 7) is 2.99. The number of hydrogen-bond acceptors (Lipinski definition) is 3. The van der Waals surface area contributed by atoms with E-state index in [0.29, 0.717) is 13.1 Å². The Morgan fingerprint density at radius 1 is 1.44 bits per heavy atom. The molecule has 2 amide bonds. The lowest BCUT2D eigenvalue weighted by Crippen LogP contribution is -2.37. The summed E-state index contributed by atoms with van der Waals surface area (Å²) in [6.07, 6.45) is 0.726. The first-order valence-corrected chi connectivity index (χ1v) is 5.93. The largest absolute Gasteiger partial charge is 0.507 e. The molecule has 1 saturated heterocycles. The topological polar surface area (TPSA) is 69.6 Å². The highest BCUT2D eigenvalue weighted by atomic mass is 16.3. The van der Waals surface area contributed by atoms with Gasteiger partial charge in [0.2, 0.25) is 5.91 Å². The third kappa shape index (κ3) is 2.61. The van der Waals surface area contributed by atoms with Crippen molar-refractivity contribution in [3.63, 3.8) is 0 Å². The zero-order valence-corrected chi connectivity index (χ0v) is 10.3. The average Bonchev–Trinajstić information content (AvgIpc) is 2.53. The molecule has 5 nitrogen and oxygen atoms in total. The van der Waals surface area contributed by atoms with Gasteiger partial charge in [0.1, 0.15) is 5.75 Å². The van der Waals surface area contributed by atoms with Crippen molar-refractivity contribution in [1.29, 1.82) is 0 Å². The minimum atomic E-state index is -0.301. The van der Waals surface area contributed by atoms with E-state index in [1.807, 2.05) is 6.92 Å². The molecule has 1 aromatic rings. The van der Waals surface area contributed by atoms with Crippen LogP contribution in [0.5, 0.6) is 5.75 Å². The van der Waals surface area contributed by atoms with Crippen LogP contribution in [0.25, 0.3) is 0 Å². The van der Waals surface area contributed by atoms with Crippen LogP contribution in [0.2, 0.25) is 0 Å². The summed E-state index contributed by atoms with van der Waals surface area (Å²) in [6, 6.07) is 4.91. The molecular weight excluding hydrogens is 232 g/mol. The summed E-state index contributed by atoms with van der Waals surface area (Å²) in [5, 5.41) is 12.5. The van der Waals surface area contributed by atoms with Crippen LogP contribution in [-0.2, 0) is 4.79 Å². The quantitative estimate of drug-likeness (QED) is 0.767. The monoisotopic (exact) mass is 248 g/mol. The number of carbonyl (C=O) groups excluding carboxylic acids is 2. The number of aromatic hydroxyl groups is 1. The molecule has 18 heavy (non-hydrogen) atoms. The second kappa shape index (κ2) is 5.08. The van der Waals surface area contributed by atoms with E-state index in [-0.39, 0.29) is 29.7 Å². The lowest BCUT2D eigenvalue weighted by Gasteiger charge is -2.19. The van der Waals surface area contributed by atoms with Crippen LogP contribution in [0.4, 0.5) is 0 Å². The number of hydrogen-bond donors (Lipinski definition) is 2. The molecule has 0 radical (unpaired) electrons. The molecule has 1 aromatic carbocycles. The fraction of sp³-hybridized carbons (Fsp3) is 0.385. The van der Waals surface area contributed by atoms with E-state index in [9.17, 15) is 14.7 Å². The summed E-state index contributed by atoms with van der Waals surface area (Å²) >= 11 is 0. The third-order valence-corrected chi connectivity index (χ3v) is 2.93. The summed E-state index contributed by atoms with van der Waals surface area (Å²) in [5.41, 5.74) is 1.13. The average molecular weight is 248 g/mol. The van der Waals surface area contributed by atoms with Crippen LogP contribution in [0, 0.1) is 6.92 Å². The SMILES string of the molecule is Cc1ccc(C(=O)N2CCCNC(=O)C2)c(O)c1. The molecule has 96 valence electrons. The van der Waals surface area contributed by atoms with Crippen LogP contribution < -0.4 is 5.32 Å². The number of phenolic OH excluding ortho intramolecular Hbond substituents is 1. The summed E-state index contributed by atoms with van der Waals surface area (Å²) in [4.78, 5) is 25.1. The molecule has 0 aliphatic carbocycles. The Morgan fingerprint density at radius 2 is 2.22 bits per heavy atom. The highest BCUT2D eigenvalue weighted by Gasteiger charge is 2.22. The lowest BCUT2D eigenvalue weighted by atomic mass is 10.1. The van der Waals surface area contributed by atoms with E-state index in [2.05, 4.69) is 5.32 Å². The van der Waals surface area contributed by atoms with Gasteiger partial charge in [-0.3, -0.25) is 9.59 Å². The van der Waals surface area contributed by atoms with Gasteiger partial charge in [0, 0.05) is 13.1 Å². The number of nitrogens with zero attached hydrogens (tertiary/aromatic N) is 1. The summed E-state index contributed by atoms with van der Waals surface area (Å²) in [7, 11) is 0. The van der Waals surface area contributed by atoms with E-state index in [1.54, 1.807) is 18.2 Å². The van der Waals surface area contributed by atoms with Crippen LogP contribution in [0.1, 0.15) is 22.3 Å². The molecule has 0 unspecified atom stereocenters. The maximum Gasteiger partial charge on any atom is 0.258 e. The second-order valence-electron chi connectivity index (χ2n) is 4.45. The van der Waals surface area contributed by atoms with Gasteiger partial charge in [-0.1, -0.05) is 6.07 Å². The highest BCUT2D eigenvalue weighted by Crippen LogP contribution is 2.20. The van der Waals surface area contributed by atoms with Crippen molar-refractivity contribution in [2.75, 3.05) is 19.6 Å². The summed E-state index contributed by atoms with van der Waals surface area (Å²) in [5.74, 6) is -0.498. The minimum absolute atomic E-state index is 0.0374. The molecule has 2 rings (SSSR count). The number of aryl methyl sites for hydroxylation is 1. The molecule has 0 saturated carbocycles. The first-order valence-electron chi connectivity index (χ1n) is 5.93. The van der Waals surface area contributed by atoms with E-state index >= 15 is 0 Å². The van der Waals surface area contributed by atoms with Gasteiger partial charge in [0.15, 0.2) is 0 Å². The van der Waals surface area contributed by atoms with Crippen molar-refractivity contribution in [3.8, 4) is 5.75 Å². The van der Waals surface area contributed by atoms with E-state index in [4.69, 9.17) is 0 Å². The summed E-state index contributed by atoms with van der Waals surface area (Å²) < 4.78 is 0. The molecule has 2 N–H and O–H groups in total. The zero-order chi connectivity index (χ0) is 13.1. The number of amides is 2. The predicted octanol–water partition coefficient (Wildman–Crippen LogP) is 0.663.